The van der Waals surface area contributed by atoms with Crippen molar-refractivity contribution in [1.82, 2.24) is 0 Å². The number of rotatable bonds is 6. The molecule has 0 heterocycles. The van der Waals surface area contributed by atoms with E-state index in [9.17, 15) is 5.11 Å². The van der Waals surface area contributed by atoms with Crippen LogP contribution in [0, 0.1) is 5.92 Å². The molecule has 0 spiro atoms. The first-order valence-corrected chi connectivity index (χ1v) is 9.53. The summed E-state index contributed by atoms with van der Waals surface area (Å²) in [6.45, 7) is 14.9. The van der Waals surface area contributed by atoms with Crippen LogP contribution in [-0.4, -0.2) is 37.8 Å². The number of hydrogen-bond donors (Lipinski definition) is 2. The number of hydrogen-bond acceptors (Lipinski definition) is 3. The smallest absolute Gasteiger partial charge is 0.192 e. The third-order valence-corrected chi connectivity index (χ3v) is 8.32. The van der Waals surface area contributed by atoms with Crippen molar-refractivity contribution in [2.45, 2.75) is 58.9 Å². The lowest BCUT2D eigenvalue weighted by Crippen LogP contribution is -2.46. The topological polar surface area (TPSA) is 49.7 Å². The van der Waals surface area contributed by atoms with Crippen LogP contribution in [0.15, 0.2) is 11.6 Å². The van der Waals surface area contributed by atoms with E-state index in [1.54, 1.807) is 0 Å². The van der Waals surface area contributed by atoms with Crippen LogP contribution in [-0.2, 0) is 4.43 Å². The van der Waals surface area contributed by atoms with Crippen LogP contribution >= 0.6 is 0 Å². The van der Waals surface area contributed by atoms with Crippen LogP contribution in [0.2, 0.25) is 18.1 Å². The fourth-order valence-corrected chi connectivity index (χ4v) is 2.87. The minimum atomic E-state index is -1.86. The maximum atomic E-state index is 9.52. The molecular formula is C14H30O3Si. The zero-order valence-corrected chi connectivity index (χ0v) is 13.9. The molecule has 0 saturated carbocycles. The van der Waals surface area contributed by atoms with Gasteiger partial charge in [-0.2, -0.15) is 0 Å². The summed E-state index contributed by atoms with van der Waals surface area (Å²) in [5, 5.41) is 18.7. The Hall–Kier alpha value is -0.163. The van der Waals surface area contributed by atoms with Gasteiger partial charge in [0.2, 0.25) is 0 Å². The van der Waals surface area contributed by atoms with Crippen molar-refractivity contribution in [3.05, 3.63) is 11.6 Å². The van der Waals surface area contributed by atoms with E-state index >= 15 is 0 Å². The summed E-state index contributed by atoms with van der Waals surface area (Å²) >= 11 is 0. The van der Waals surface area contributed by atoms with Crippen molar-refractivity contribution >= 4 is 8.32 Å². The van der Waals surface area contributed by atoms with E-state index in [0.717, 1.165) is 5.57 Å². The van der Waals surface area contributed by atoms with Crippen LogP contribution in [0.4, 0.5) is 0 Å². The average molecular weight is 274 g/mol. The Morgan fingerprint density at radius 1 is 1.28 bits per heavy atom. The molecule has 0 aliphatic heterocycles. The normalized spacial score (nSPS) is 17.7. The van der Waals surface area contributed by atoms with E-state index in [1.807, 2.05) is 19.9 Å². The summed E-state index contributed by atoms with van der Waals surface area (Å²) < 4.78 is 6.22. The lowest BCUT2D eigenvalue weighted by atomic mass is 10.0. The minimum absolute atomic E-state index is 0.0168. The van der Waals surface area contributed by atoms with Crippen LogP contribution in [0.1, 0.15) is 34.6 Å². The second kappa shape index (κ2) is 6.85. The molecule has 0 saturated heterocycles. The van der Waals surface area contributed by atoms with Crippen LogP contribution in [0.3, 0.4) is 0 Å². The summed E-state index contributed by atoms with van der Waals surface area (Å²) in [5.74, 6) is 0.108. The summed E-state index contributed by atoms with van der Waals surface area (Å²) in [5.41, 5.74) is 0.916. The highest BCUT2D eigenvalue weighted by atomic mass is 28.4. The third-order valence-electron chi connectivity index (χ3n) is 3.82. The van der Waals surface area contributed by atoms with Gasteiger partial charge in [0.15, 0.2) is 8.32 Å². The van der Waals surface area contributed by atoms with Crippen LogP contribution in [0.5, 0.6) is 0 Å². The number of aliphatic hydroxyl groups is 2. The zero-order valence-electron chi connectivity index (χ0n) is 12.9. The molecule has 0 aliphatic rings. The van der Waals surface area contributed by atoms with Gasteiger partial charge in [0.1, 0.15) is 0 Å². The second-order valence-electron chi connectivity index (χ2n) is 6.63. The van der Waals surface area contributed by atoms with Gasteiger partial charge in [0, 0.05) is 5.92 Å². The lowest BCUT2D eigenvalue weighted by Gasteiger charge is -2.40. The monoisotopic (exact) mass is 274 g/mol. The molecule has 2 atom stereocenters. The van der Waals surface area contributed by atoms with Crippen LogP contribution < -0.4 is 0 Å². The predicted octanol–water partition coefficient (Wildman–Crippen LogP) is 2.94. The van der Waals surface area contributed by atoms with E-state index in [-0.39, 0.29) is 30.3 Å². The van der Waals surface area contributed by atoms with Crippen molar-refractivity contribution in [3.63, 3.8) is 0 Å². The fourth-order valence-electron chi connectivity index (χ4n) is 1.47. The predicted molar refractivity (Wildman–Crippen MR) is 79.2 cm³/mol. The zero-order chi connectivity index (χ0) is 14.6. The van der Waals surface area contributed by atoms with Gasteiger partial charge in [-0.1, -0.05) is 39.3 Å². The molecule has 0 aromatic rings. The van der Waals surface area contributed by atoms with E-state index in [0.29, 0.717) is 0 Å². The highest BCUT2D eigenvalue weighted by molar-refractivity contribution is 6.74. The molecule has 108 valence electrons. The maximum Gasteiger partial charge on any atom is 0.192 e. The van der Waals surface area contributed by atoms with Gasteiger partial charge in [0.25, 0.3) is 0 Å². The molecule has 0 aromatic carbocycles. The van der Waals surface area contributed by atoms with Crippen molar-refractivity contribution in [1.29, 1.82) is 0 Å². The molecule has 2 N–H and O–H groups in total. The maximum absolute atomic E-state index is 9.52. The van der Waals surface area contributed by atoms with E-state index < -0.39 is 8.32 Å². The summed E-state index contributed by atoms with van der Waals surface area (Å²) in [7, 11) is -1.86. The molecule has 0 rings (SSSR count). The van der Waals surface area contributed by atoms with Gasteiger partial charge < -0.3 is 14.6 Å². The number of aliphatic hydroxyl groups excluding tert-OH is 2. The van der Waals surface area contributed by atoms with Gasteiger partial charge in [-0.25, -0.2) is 0 Å². The fraction of sp³-hybridized carbons (Fsp3) is 0.857. The first-order chi connectivity index (χ1) is 8.05. The molecule has 0 aromatic heterocycles. The largest absolute Gasteiger partial charge is 0.411 e. The molecule has 0 bridgehead atoms. The Labute approximate surface area is 113 Å². The van der Waals surface area contributed by atoms with Gasteiger partial charge in [-0.3, -0.25) is 0 Å². The van der Waals surface area contributed by atoms with Crippen LogP contribution in [0.25, 0.3) is 0 Å². The van der Waals surface area contributed by atoms with E-state index in [1.165, 1.54) is 0 Å². The second-order valence-corrected chi connectivity index (χ2v) is 11.4. The highest BCUT2D eigenvalue weighted by Crippen LogP contribution is 2.38. The highest BCUT2D eigenvalue weighted by Gasteiger charge is 2.39. The summed E-state index contributed by atoms with van der Waals surface area (Å²) in [4.78, 5) is 0. The quantitative estimate of drug-likeness (QED) is 0.578. The molecule has 0 radical (unpaired) electrons. The van der Waals surface area contributed by atoms with Crippen molar-refractivity contribution in [2.75, 3.05) is 13.2 Å². The Morgan fingerprint density at radius 2 is 1.78 bits per heavy atom. The molecule has 0 fully saturated rings. The Kier molecular flexibility index (Phi) is 6.78. The van der Waals surface area contributed by atoms with Gasteiger partial charge >= 0.3 is 0 Å². The molecule has 0 aliphatic carbocycles. The summed E-state index contributed by atoms with van der Waals surface area (Å²) in [6, 6.07) is 0. The lowest BCUT2D eigenvalue weighted by molar-refractivity contribution is 0.0764. The van der Waals surface area contributed by atoms with Crippen molar-refractivity contribution in [3.8, 4) is 0 Å². The minimum Gasteiger partial charge on any atom is -0.411 e. The first-order valence-electron chi connectivity index (χ1n) is 6.62. The van der Waals surface area contributed by atoms with Gasteiger partial charge in [-0.15, -0.1) is 0 Å². The van der Waals surface area contributed by atoms with Gasteiger partial charge in [0.05, 0.1) is 19.3 Å². The molecule has 0 unspecified atom stereocenters. The summed E-state index contributed by atoms with van der Waals surface area (Å²) in [6.07, 6.45) is 1.79. The van der Waals surface area contributed by atoms with Crippen molar-refractivity contribution < 1.29 is 14.6 Å². The molecular weight excluding hydrogens is 244 g/mol. The Balaban J connectivity index is 4.82. The third kappa shape index (κ3) is 5.22. The average Bonchev–Trinajstić information content (AvgIpc) is 2.23. The molecule has 4 heteroatoms. The SMILES string of the molecule is C/C(=C\[C@@H](C)[C@@H](CO)O[Si](C)(C)C(C)(C)C)CO. The van der Waals surface area contributed by atoms with E-state index in [4.69, 9.17) is 9.53 Å². The molecule has 0 amide bonds. The van der Waals surface area contributed by atoms with E-state index in [2.05, 4.69) is 33.9 Å². The first kappa shape index (κ1) is 17.8. The Morgan fingerprint density at radius 3 is 2.11 bits per heavy atom. The van der Waals surface area contributed by atoms with Gasteiger partial charge in [-0.05, 0) is 25.1 Å². The molecule has 18 heavy (non-hydrogen) atoms. The molecule has 3 nitrogen and oxygen atoms in total. The standard InChI is InChI=1S/C14H30O3Si/c1-11(9-15)8-12(2)13(10-16)17-18(6,7)14(3,4)5/h8,12-13,15-16H,9-10H2,1-7H3/b11-8+/t12-,13-/m1/s1. The van der Waals surface area contributed by atoms with Crippen molar-refractivity contribution in [2.24, 2.45) is 5.92 Å². The Bertz CT molecular complexity index is 279.